The van der Waals surface area contributed by atoms with Gasteiger partial charge in [0.15, 0.2) is 0 Å². The highest BCUT2D eigenvalue weighted by Crippen LogP contribution is 2.23. The van der Waals surface area contributed by atoms with Gasteiger partial charge in [0.25, 0.3) is 5.91 Å². The molecule has 1 N–H and O–H groups in total. The van der Waals surface area contributed by atoms with E-state index in [0.717, 1.165) is 19.3 Å². The van der Waals surface area contributed by atoms with E-state index >= 15 is 0 Å². The van der Waals surface area contributed by atoms with Crippen LogP contribution in [0.15, 0.2) is 66.1 Å². The first-order chi connectivity index (χ1) is 13.5. The third-order valence-electron chi connectivity index (χ3n) is 4.53. The van der Waals surface area contributed by atoms with Crippen LogP contribution >= 0.6 is 0 Å². The highest BCUT2D eigenvalue weighted by atomic mass is 32.2. The molecule has 1 saturated heterocycles. The lowest BCUT2D eigenvalue weighted by atomic mass is 10.2. The Labute approximate surface area is 165 Å². The molecule has 0 aromatic heterocycles. The summed E-state index contributed by atoms with van der Waals surface area (Å²) < 4.78 is 32.5. The molecule has 0 spiro atoms. The molecule has 0 radical (unpaired) electrons. The average Bonchev–Trinajstić information content (AvgIpc) is 2.73. The number of carbonyl (C=O) groups excluding carboxylic acids is 1. The summed E-state index contributed by atoms with van der Waals surface area (Å²) in [5.41, 5.74) is 0.894. The molecule has 2 aromatic carbocycles. The van der Waals surface area contributed by atoms with E-state index < -0.39 is 10.0 Å². The van der Waals surface area contributed by atoms with Crippen molar-refractivity contribution < 1.29 is 17.9 Å². The maximum atomic E-state index is 12.8. The van der Waals surface area contributed by atoms with E-state index in [1.807, 2.05) is 0 Å². The molecule has 0 saturated carbocycles. The number of amides is 1. The van der Waals surface area contributed by atoms with Crippen molar-refractivity contribution in [2.24, 2.45) is 0 Å². The van der Waals surface area contributed by atoms with E-state index in [-0.39, 0.29) is 10.8 Å². The van der Waals surface area contributed by atoms with Crippen molar-refractivity contribution in [3.63, 3.8) is 0 Å². The van der Waals surface area contributed by atoms with Gasteiger partial charge in [0.1, 0.15) is 12.4 Å². The highest BCUT2D eigenvalue weighted by Gasteiger charge is 2.26. The zero-order valence-corrected chi connectivity index (χ0v) is 16.5. The van der Waals surface area contributed by atoms with E-state index in [1.165, 1.54) is 10.4 Å². The summed E-state index contributed by atoms with van der Waals surface area (Å²) in [6, 6.07) is 13.1. The topological polar surface area (TPSA) is 75.7 Å². The predicted octanol–water partition coefficient (Wildman–Crippen LogP) is 3.68. The SMILES string of the molecule is C=CCOc1ccc(C(=O)Nc2cccc(S(=O)(=O)N3CCCCC3)c2)cc1. The number of nitrogens with one attached hydrogen (secondary N) is 1. The van der Waals surface area contributed by atoms with Crippen LogP contribution < -0.4 is 10.1 Å². The molecule has 1 fully saturated rings. The smallest absolute Gasteiger partial charge is 0.255 e. The molecule has 28 heavy (non-hydrogen) atoms. The molecule has 1 amide bonds. The number of ether oxygens (including phenoxy) is 1. The number of carbonyl (C=O) groups is 1. The fourth-order valence-corrected chi connectivity index (χ4v) is 4.61. The second-order valence-electron chi connectivity index (χ2n) is 6.57. The van der Waals surface area contributed by atoms with Crippen molar-refractivity contribution >= 4 is 21.6 Å². The van der Waals surface area contributed by atoms with Gasteiger partial charge in [-0.1, -0.05) is 25.1 Å². The number of benzene rings is 2. The summed E-state index contributed by atoms with van der Waals surface area (Å²) in [7, 11) is -3.54. The Bertz CT molecular complexity index is 933. The molecule has 6 nitrogen and oxygen atoms in total. The van der Waals surface area contributed by atoms with Crippen molar-refractivity contribution in [2.75, 3.05) is 25.0 Å². The second-order valence-corrected chi connectivity index (χ2v) is 8.51. The van der Waals surface area contributed by atoms with Crippen LogP contribution in [0.2, 0.25) is 0 Å². The molecule has 2 aromatic rings. The first-order valence-electron chi connectivity index (χ1n) is 9.26. The van der Waals surface area contributed by atoms with Crippen molar-refractivity contribution in [3.05, 3.63) is 66.7 Å². The molecule has 1 aliphatic rings. The van der Waals surface area contributed by atoms with Gasteiger partial charge in [0.05, 0.1) is 4.90 Å². The van der Waals surface area contributed by atoms with Crippen LogP contribution in [0, 0.1) is 0 Å². The Morgan fingerprint density at radius 1 is 1.11 bits per heavy atom. The number of piperidine rings is 1. The number of hydrogen-bond acceptors (Lipinski definition) is 4. The molecule has 7 heteroatoms. The number of sulfonamides is 1. The lowest BCUT2D eigenvalue weighted by Crippen LogP contribution is -2.35. The fraction of sp³-hybridized carbons (Fsp3) is 0.286. The van der Waals surface area contributed by atoms with Gasteiger partial charge in [-0.25, -0.2) is 8.42 Å². The van der Waals surface area contributed by atoms with E-state index in [9.17, 15) is 13.2 Å². The lowest BCUT2D eigenvalue weighted by molar-refractivity contribution is 0.102. The zero-order valence-electron chi connectivity index (χ0n) is 15.6. The number of nitrogens with zero attached hydrogens (tertiary/aromatic N) is 1. The second kappa shape index (κ2) is 9.03. The number of anilines is 1. The van der Waals surface area contributed by atoms with Crippen LogP contribution in [0.1, 0.15) is 29.6 Å². The quantitative estimate of drug-likeness (QED) is 0.720. The van der Waals surface area contributed by atoms with E-state index in [1.54, 1.807) is 48.5 Å². The van der Waals surface area contributed by atoms with Crippen LogP contribution in [0.5, 0.6) is 5.75 Å². The Morgan fingerprint density at radius 2 is 1.82 bits per heavy atom. The summed E-state index contributed by atoms with van der Waals surface area (Å²) in [5.74, 6) is 0.328. The van der Waals surface area contributed by atoms with Gasteiger partial charge in [0, 0.05) is 24.3 Å². The normalized spacial score (nSPS) is 15.0. The van der Waals surface area contributed by atoms with Gasteiger partial charge < -0.3 is 10.1 Å². The maximum Gasteiger partial charge on any atom is 0.255 e. The van der Waals surface area contributed by atoms with Crippen molar-refractivity contribution in [1.82, 2.24) is 4.31 Å². The molecule has 0 aliphatic carbocycles. The highest BCUT2D eigenvalue weighted by molar-refractivity contribution is 7.89. The minimum absolute atomic E-state index is 0.195. The molecular weight excluding hydrogens is 376 g/mol. The standard InChI is InChI=1S/C21H24N2O4S/c1-2-15-27-19-11-9-17(10-12-19)21(24)22-18-7-6-8-20(16-18)28(25,26)23-13-4-3-5-14-23/h2,6-12,16H,1,3-5,13-15H2,(H,22,24). The largest absolute Gasteiger partial charge is 0.490 e. The van der Waals surface area contributed by atoms with Gasteiger partial charge in [-0.3, -0.25) is 4.79 Å². The lowest BCUT2D eigenvalue weighted by Gasteiger charge is -2.26. The van der Waals surface area contributed by atoms with Crippen LogP contribution in [0.25, 0.3) is 0 Å². The van der Waals surface area contributed by atoms with E-state index in [0.29, 0.717) is 36.7 Å². The maximum absolute atomic E-state index is 12.8. The molecule has 1 aliphatic heterocycles. The third kappa shape index (κ3) is 4.79. The Balaban J connectivity index is 1.71. The molecular formula is C21H24N2O4S. The summed E-state index contributed by atoms with van der Waals surface area (Å²) >= 11 is 0. The van der Waals surface area contributed by atoms with Crippen LogP contribution in [0.4, 0.5) is 5.69 Å². The predicted molar refractivity (Wildman–Crippen MR) is 109 cm³/mol. The van der Waals surface area contributed by atoms with Gasteiger partial charge in [0.2, 0.25) is 10.0 Å². The molecule has 0 bridgehead atoms. The fourth-order valence-electron chi connectivity index (χ4n) is 3.05. The van der Waals surface area contributed by atoms with Gasteiger partial charge >= 0.3 is 0 Å². The van der Waals surface area contributed by atoms with Crippen molar-refractivity contribution in [2.45, 2.75) is 24.2 Å². The van der Waals surface area contributed by atoms with Crippen LogP contribution in [-0.2, 0) is 10.0 Å². The van der Waals surface area contributed by atoms with Crippen molar-refractivity contribution in [1.29, 1.82) is 0 Å². The molecule has 148 valence electrons. The zero-order chi connectivity index (χ0) is 20.0. The summed E-state index contributed by atoms with van der Waals surface area (Å²) in [6.07, 6.45) is 4.45. The molecule has 0 atom stereocenters. The minimum Gasteiger partial charge on any atom is -0.490 e. The van der Waals surface area contributed by atoms with E-state index in [2.05, 4.69) is 11.9 Å². The van der Waals surface area contributed by atoms with Gasteiger partial charge in [-0.15, -0.1) is 0 Å². The first kappa shape index (κ1) is 20.1. The molecule has 0 unspecified atom stereocenters. The van der Waals surface area contributed by atoms with Gasteiger partial charge in [-0.2, -0.15) is 4.31 Å². The van der Waals surface area contributed by atoms with Crippen LogP contribution in [0.3, 0.4) is 0 Å². The summed E-state index contributed by atoms with van der Waals surface area (Å²) in [6.45, 7) is 5.06. The number of hydrogen-bond donors (Lipinski definition) is 1. The minimum atomic E-state index is -3.54. The summed E-state index contributed by atoms with van der Waals surface area (Å²) in [5, 5.41) is 2.76. The molecule has 1 heterocycles. The number of rotatable bonds is 7. The Kier molecular flexibility index (Phi) is 6.49. The monoisotopic (exact) mass is 400 g/mol. The van der Waals surface area contributed by atoms with E-state index in [4.69, 9.17) is 4.74 Å². The molecule has 3 rings (SSSR count). The Morgan fingerprint density at radius 3 is 2.50 bits per heavy atom. The average molecular weight is 401 g/mol. The van der Waals surface area contributed by atoms with Crippen molar-refractivity contribution in [3.8, 4) is 5.75 Å². The van der Waals surface area contributed by atoms with Crippen LogP contribution in [-0.4, -0.2) is 38.3 Å². The third-order valence-corrected chi connectivity index (χ3v) is 6.42. The first-order valence-corrected chi connectivity index (χ1v) is 10.7. The Hall–Kier alpha value is -2.64. The summed E-state index contributed by atoms with van der Waals surface area (Å²) in [4.78, 5) is 12.7. The van der Waals surface area contributed by atoms with Gasteiger partial charge in [-0.05, 0) is 55.3 Å².